The van der Waals surface area contributed by atoms with Crippen molar-refractivity contribution in [1.82, 2.24) is 0 Å². The molecular weight excluding hydrogens is 568 g/mol. The van der Waals surface area contributed by atoms with Crippen LogP contribution in [-0.2, 0) is 14.3 Å². The minimum Gasteiger partial charge on any atom is -0.481 e. The number of allylic oxidation sites excluding steroid dienone is 2. The maximum atomic E-state index is 12.6. The fraction of sp³-hybridized carbons (Fsp3) is 0.905. The second-order valence-electron chi connectivity index (χ2n) is 14.2. The molecule has 0 radical (unpaired) electrons. The van der Waals surface area contributed by atoms with Gasteiger partial charge in [-0.3, -0.25) is 9.59 Å². The van der Waals surface area contributed by atoms with Crippen LogP contribution in [0.5, 0.6) is 0 Å². The fourth-order valence-corrected chi connectivity index (χ4v) is 6.42. The number of carbonyl (C=O) groups excluding carboxylic acids is 1. The summed E-state index contributed by atoms with van der Waals surface area (Å²) in [6.45, 7) is 4.53. The van der Waals surface area contributed by atoms with Crippen LogP contribution in [0.15, 0.2) is 12.2 Å². The second-order valence-corrected chi connectivity index (χ2v) is 14.2. The molecule has 0 spiro atoms. The van der Waals surface area contributed by atoms with Gasteiger partial charge in [-0.25, -0.2) is 0 Å². The summed E-state index contributed by atoms with van der Waals surface area (Å²) in [5.74, 6) is -0.723. The van der Waals surface area contributed by atoms with Crippen molar-refractivity contribution in [3.05, 3.63) is 12.2 Å². The third-order valence-electron chi connectivity index (χ3n) is 9.49. The van der Waals surface area contributed by atoms with Crippen LogP contribution in [-0.4, -0.2) is 23.1 Å². The van der Waals surface area contributed by atoms with Gasteiger partial charge in [0.15, 0.2) is 0 Å². The number of ether oxygens (including phenoxy) is 1. The molecule has 0 aromatic carbocycles. The average molecular weight is 649 g/mol. The van der Waals surface area contributed by atoms with E-state index in [-0.39, 0.29) is 18.5 Å². The number of aliphatic carboxylic acids is 1. The predicted octanol–water partition coefficient (Wildman–Crippen LogP) is 14.2. The SMILES string of the molecule is CCCCCCCCCC/C=C\CCCCCCCCCCCCCC(=O)OC(CCCCCCCC)CCCCCCC(=O)O. The Balaban J connectivity index is 3.68. The van der Waals surface area contributed by atoms with Crippen molar-refractivity contribution < 1.29 is 19.4 Å². The Morgan fingerprint density at radius 1 is 0.457 bits per heavy atom. The number of carboxylic acids is 1. The van der Waals surface area contributed by atoms with Crippen LogP contribution >= 0.6 is 0 Å². The maximum Gasteiger partial charge on any atom is 0.306 e. The minimum atomic E-state index is -0.710. The first-order valence-electron chi connectivity index (χ1n) is 20.7. The largest absolute Gasteiger partial charge is 0.481 e. The Morgan fingerprint density at radius 2 is 0.783 bits per heavy atom. The summed E-state index contributed by atoms with van der Waals surface area (Å²) in [6, 6.07) is 0. The van der Waals surface area contributed by atoms with Crippen molar-refractivity contribution in [2.75, 3.05) is 0 Å². The van der Waals surface area contributed by atoms with Crippen LogP contribution in [0.1, 0.15) is 239 Å². The molecule has 0 saturated carbocycles. The van der Waals surface area contributed by atoms with Crippen LogP contribution in [0.25, 0.3) is 0 Å². The highest BCUT2D eigenvalue weighted by molar-refractivity contribution is 5.69. The quantitative estimate of drug-likeness (QED) is 0.0411. The summed E-state index contributed by atoms with van der Waals surface area (Å²) in [5.41, 5.74) is 0. The third-order valence-corrected chi connectivity index (χ3v) is 9.49. The van der Waals surface area contributed by atoms with E-state index >= 15 is 0 Å². The van der Waals surface area contributed by atoms with Crippen LogP contribution in [0.3, 0.4) is 0 Å². The van der Waals surface area contributed by atoms with Crippen LogP contribution in [0.4, 0.5) is 0 Å². The maximum absolute atomic E-state index is 12.6. The Morgan fingerprint density at radius 3 is 1.17 bits per heavy atom. The molecular formula is C42H80O4. The zero-order valence-corrected chi connectivity index (χ0v) is 31.2. The number of carbonyl (C=O) groups is 2. The number of unbranched alkanes of at least 4 members (excludes halogenated alkanes) is 27. The van der Waals surface area contributed by atoms with Gasteiger partial charge in [-0.1, -0.05) is 174 Å². The molecule has 0 aliphatic carbocycles. The molecule has 0 fully saturated rings. The summed E-state index contributed by atoms with van der Waals surface area (Å²) in [4.78, 5) is 23.3. The zero-order valence-electron chi connectivity index (χ0n) is 31.2. The van der Waals surface area contributed by atoms with Gasteiger partial charge < -0.3 is 9.84 Å². The van der Waals surface area contributed by atoms with Gasteiger partial charge in [-0.05, 0) is 64.2 Å². The smallest absolute Gasteiger partial charge is 0.306 e. The summed E-state index contributed by atoms with van der Waals surface area (Å²) in [6.07, 6.45) is 46.8. The lowest BCUT2D eigenvalue weighted by Gasteiger charge is -2.18. The molecule has 0 aliphatic rings. The Kier molecular flexibility index (Phi) is 37.0. The van der Waals surface area contributed by atoms with Gasteiger partial charge >= 0.3 is 11.9 Å². The predicted molar refractivity (Wildman–Crippen MR) is 200 cm³/mol. The fourth-order valence-electron chi connectivity index (χ4n) is 6.42. The Labute approximate surface area is 287 Å². The van der Waals surface area contributed by atoms with E-state index in [9.17, 15) is 9.59 Å². The minimum absolute atomic E-state index is 0.0131. The van der Waals surface area contributed by atoms with Gasteiger partial charge in [-0.15, -0.1) is 0 Å². The molecule has 0 heterocycles. The first-order valence-corrected chi connectivity index (χ1v) is 20.7. The molecule has 1 N–H and O–H groups in total. The summed E-state index contributed by atoms with van der Waals surface area (Å²) >= 11 is 0. The van der Waals surface area contributed by atoms with Crippen molar-refractivity contribution >= 4 is 11.9 Å². The van der Waals surface area contributed by atoms with Crippen LogP contribution in [0, 0.1) is 0 Å². The highest BCUT2D eigenvalue weighted by Gasteiger charge is 2.14. The first kappa shape index (κ1) is 44.7. The van der Waals surface area contributed by atoms with Gasteiger partial charge in [0.1, 0.15) is 6.10 Å². The highest BCUT2D eigenvalue weighted by Crippen LogP contribution is 2.19. The van der Waals surface area contributed by atoms with Crippen LogP contribution in [0.2, 0.25) is 0 Å². The van der Waals surface area contributed by atoms with Crippen molar-refractivity contribution in [2.24, 2.45) is 0 Å². The molecule has 0 saturated heterocycles. The lowest BCUT2D eigenvalue weighted by Crippen LogP contribution is -2.18. The molecule has 0 aliphatic heterocycles. The van der Waals surface area contributed by atoms with Gasteiger partial charge in [0.05, 0.1) is 0 Å². The molecule has 272 valence electrons. The van der Waals surface area contributed by atoms with E-state index in [2.05, 4.69) is 26.0 Å². The van der Waals surface area contributed by atoms with E-state index < -0.39 is 5.97 Å². The number of carboxylic acid groups (broad SMARTS) is 1. The van der Waals surface area contributed by atoms with E-state index in [1.165, 1.54) is 154 Å². The molecule has 1 unspecified atom stereocenters. The summed E-state index contributed by atoms with van der Waals surface area (Å²) in [7, 11) is 0. The average Bonchev–Trinajstić information content (AvgIpc) is 3.04. The van der Waals surface area contributed by atoms with E-state index in [4.69, 9.17) is 9.84 Å². The van der Waals surface area contributed by atoms with Gasteiger partial charge in [0.2, 0.25) is 0 Å². The number of rotatable bonds is 38. The molecule has 4 heteroatoms. The van der Waals surface area contributed by atoms with E-state index in [1.807, 2.05) is 0 Å². The second kappa shape index (κ2) is 38.1. The standard InChI is InChI=1S/C42H80O4/c1-3-5-7-9-11-12-13-14-15-16-17-18-19-20-21-22-23-24-25-26-27-29-35-39-42(45)46-40(36-32-28-10-8-6-4-2)37-33-30-31-34-38-41(43)44/h16-17,40H,3-15,18-39H2,1-2H3,(H,43,44)/b17-16-. The molecule has 0 aromatic heterocycles. The Hall–Kier alpha value is -1.32. The molecule has 0 bridgehead atoms. The summed E-state index contributed by atoms with van der Waals surface area (Å²) < 4.78 is 5.94. The topological polar surface area (TPSA) is 63.6 Å². The third kappa shape index (κ3) is 37.1. The van der Waals surface area contributed by atoms with Crippen molar-refractivity contribution in [2.45, 2.75) is 245 Å². The van der Waals surface area contributed by atoms with Gasteiger partial charge in [0.25, 0.3) is 0 Å². The lowest BCUT2D eigenvalue weighted by atomic mass is 10.0. The van der Waals surface area contributed by atoms with Crippen molar-refractivity contribution in [3.8, 4) is 0 Å². The van der Waals surface area contributed by atoms with Gasteiger partial charge in [0, 0.05) is 12.8 Å². The molecule has 4 nitrogen and oxygen atoms in total. The van der Waals surface area contributed by atoms with E-state index in [0.29, 0.717) is 6.42 Å². The molecule has 46 heavy (non-hydrogen) atoms. The Bertz CT molecular complexity index is 658. The number of esters is 1. The first-order chi connectivity index (χ1) is 22.6. The van der Waals surface area contributed by atoms with E-state index in [1.54, 1.807) is 0 Å². The van der Waals surface area contributed by atoms with Crippen molar-refractivity contribution in [1.29, 1.82) is 0 Å². The lowest BCUT2D eigenvalue weighted by molar-refractivity contribution is -0.150. The van der Waals surface area contributed by atoms with E-state index in [0.717, 1.165) is 57.8 Å². The molecule has 0 amide bonds. The molecule has 0 rings (SSSR count). The zero-order chi connectivity index (χ0) is 33.6. The molecule has 1 atom stereocenters. The normalized spacial score (nSPS) is 12.2. The van der Waals surface area contributed by atoms with Crippen LogP contribution < -0.4 is 0 Å². The van der Waals surface area contributed by atoms with Gasteiger partial charge in [-0.2, -0.15) is 0 Å². The highest BCUT2D eigenvalue weighted by atomic mass is 16.5. The summed E-state index contributed by atoms with van der Waals surface area (Å²) in [5, 5.41) is 8.81. The van der Waals surface area contributed by atoms with Crippen molar-refractivity contribution in [3.63, 3.8) is 0 Å². The number of hydrogen-bond acceptors (Lipinski definition) is 3. The monoisotopic (exact) mass is 649 g/mol. The molecule has 0 aromatic rings. The number of hydrogen-bond donors (Lipinski definition) is 1.